The van der Waals surface area contributed by atoms with Crippen LogP contribution in [-0.4, -0.2) is 20.3 Å². The summed E-state index contributed by atoms with van der Waals surface area (Å²) in [6.45, 7) is 12.7. The van der Waals surface area contributed by atoms with Gasteiger partial charge in [-0.2, -0.15) is 0 Å². The van der Waals surface area contributed by atoms with Gasteiger partial charge in [-0.05, 0) is 24.2 Å². The van der Waals surface area contributed by atoms with Crippen molar-refractivity contribution in [3.8, 4) is 0 Å². The molecule has 2 heterocycles. The summed E-state index contributed by atoms with van der Waals surface area (Å²) in [6.07, 6.45) is 1.17. The minimum Gasteiger partial charge on any atom is -0.338 e. The first kappa shape index (κ1) is 23.5. The second-order valence-electron chi connectivity index (χ2n) is 5.20. The molecule has 0 unspecified atom stereocenters. The molecule has 0 saturated heterocycles. The van der Waals surface area contributed by atoms with E-state index in [1.54, 1.807) is 0 Å². The number of nitrogens with one attached hydrogen (secondary N) is 2. The molecule has 0 atom stereocenters. The highest BCUT2D eigenvalue weighted by Crippen LogP contribution is 2.25. The summed E-state index contributed by atoms with van der Waals surface area (Å²) in [5.41, 5.74) is -0.536. The first-order valence-corrected chi connectivity index (χ1v) is 8.32. The fraction of sp³-hybridized carbons (Fsp3) is 0.222. The third-order valence-electron chi connectivity index (χ3n) is 2.94. The molecule has 0 saturated carbocycles. The van der Waals surface area contributed by atoms with E-state index in [9.17, 15) is 17.6 Å². The molecule has 2 N–H and O–H groups in total. The lowest BCUT2D eigenvalue weighted by atomic mass is 10.3. The highest BCUT2D eigenvalue weighted by atomic mass is 19.1. The van der Waals surface area contributed by atoms with Crippen LogP contribution in [0.2, 0.25) is 0 Å². The zero-order valence-corrected chi connectivity index (χ0v) is 16.3. The molecular formula is C18H20F4N6O. The summed E-state index contributed by atoms with van der Waals surface area (Å²) in [6, 6.07) is 0. The lowest BCUT2D eigenvalue weighted by Gasteiger charge is -2.13. The molecular weight excluding hydrogens is 392 g/mol. The average Bonchev–Trinajstić information content (AvgIpc) is 3.09. The van der Waals surface area contributed by atoms with Gasteiger partial charge in [0.15, 0.2) is 11.6 Å². The summed E-state index contributed by atoms with van der Waals surface area (Å²) in [5.74, 6) is -3.97. The van der Waals surface area contributed by atoms with Gasteiger partial charge in [0.05, 0.1) is 11.5 Å². The van der Waals surface area contributed by atoms with Crippen LogP contribution in [0, 0.1) is 0 Å². The van der Waals surface area contributed by atoms with Crippen molar-refractivity contribution in [1.82, 2.24) is 20.3 Å². The Morgan fingerprint density at radius 3 is 1.90 bits per heavy atom. The van der Waals surface area contributed by atoms with E-state index in [1.165, 1.54) is 6.92 Å². The summed E-state index contributed by atoms with van der Waals surface area (Å²) in [7, 11) is 0. The van der Waals surface area contributed by atoms with Crippen LogP contribution >= 0.6 is 0 Å². The number of allylic oxidation sites excluding steroid dienone is 7. The molecule has 0 aliphatic heterocycles. The van der Waals surface area contributed by atoms with E-state index in [0.717, 1.165) is 6.92 Å². The summed E-state index contributed by atoms with van der Waals surface area (Å²) in [5, 5.41) is 12.0. The predicted octanol–water partition coefficient (Wildman–Crippen LogP) is 5.79. The molecule has 0 bridgehead atoms. The van der Waals surface area contributed by atoms with Crippen molar-refractivity contribution in [3.63, 3.8) is 0 Å². The van der Waals surface area contributed by atoms with Crippen LogP contribution in [0.15, 0.2) is 64.6 Å². The number of nitrogens with zero attached hydrogens (tertiary/aromatic N) is 4. The van der Waals surface area contributed by atoms with Crippen LogP contribution in [0.5, 0.6) is 0 Å². The van der Waals surface area contributed by atoms with Gasteiger partial charge in [0.2, 0.25) is 11.3 Å². The number of hydrogen-bond acceptors (Lipinski definition) is 7. The Balaban J connectivity index is 0.00000204. The molecule has 0 aliphatic carbocycles. The van der Waals surface area contributed by atoms with Crippen LogP contribution in [0.25, 0.3) is 11.3 Å². The van der Waals surface area contributed by atoms with Crippen LogP contribution in [0.1, 0.15) is 27.7 Å². The fourth-order valence-electron chi connectivity index (χ4n) is 1.76. The number of fused-ring (bicyclic) bond motifs is 1. The average molecular weight is 412 g/mol. The minimum atomic E-state index is -1.05. The van der Waals surface area contributed by atoms with E-state index < -0.39 is 23.3 Å². The second kappa shape index (κ2) is 10.7. The van der Waals surface area contributed by atoms with Gasteiger partial charge in [0, 0.05) is 17.8 Å². The first-order valence-electron chi connectivity index (χ1n) is 8.32. The lowest BCUT2D eigenvalue weighted by molar-refractivity contribution is 0.314. The third-order valence-corrected chi connectivity index (χ3v) is 2.94. The molecule has 2 aromatic rings. The monoisotopic (exact) mass is 412 g/mol. The molecule has 0 spiro atoms. The van der Waals surface area contributed by atoms with E-state index in [4.69, 9.17) is 0 Å². The molecule has 0 aliphatic rings. The molecule has 29 heavy (non-hydrogen) atoms. The van der Waals surface area contributed by atoms with Gasteiger partial charge in [-0.1, -0.05) is 27.0 Å². The molecule has 7 nitrogen and oxygen atoms in total. The Labute approximate surface area is 164 Å². The number of aromatic nitrogens is 4. The lowest BCUT2D eigenvalue weighted by Crippen LogP contribution is -2.09. The third kappa shape index (κ3) is 6.87. The zero-order valence-electron chi connectivity index (χ0n) is 16.3. The Bertz CT molecular complexity index is 989. The van der Waals surface area contributed by atoms with Crippen molar-refractivity contribution in [2.75, 3.05) is 10.6 Å². The van der Waals surface area contributed by atoms with E-state index in [0.29, 0.717) is 12.2 Å². The Kier molecular flexibility index (Phi) is 8.71. The van der Waals surface area contributed by atoms with Crippen LogP contribution in [0.4, 0.5) is 29.2 Å². The normalized spacial score (nSPS) is 12.7. The minimum absolute atomic E-state index is 0.0211. The second-order valence-corrected chi connectivity index (χ2v) is 5.20. The maximum atomic E-state index is 13.9. The Morgan fingerprint density at radius 2 is 1.41 bits per heavy atom. The number of hydrogen-bond donors (Lipinski definition) is 2. The Morgan fingerprint density at radius 1 is 0.897 bits per heavy atom. The molecule has 0 radical (unpaired) electrons. The molecule has 0 fully saturated rings. The molecule has 11 heteroatoms. The maximum absolute atomic E-state index is 13.9. The van der Waals surface area contributed by atoms with Gasteiger partial charge in [-0.25, -0.2) is 32.2 Å². The number of rotatable bonds is 7. The summed E-state index contributed by atoms with van der Waals surface area (Å²) < 4.78 is 57.8. The van der Waals surface area contributed by atoms with Gasteiger partial charge < -0.3 is 10.6 Å². The molecule has 2 aromatic heterocycles. The van der Waals surface area contributed by atoms with Gasteiger partial charge in [0.25, 0.3) is 0 Å². The van der Waals surface area contributed by atoms with Gasteiger partial charge in [0.1, 0.15) is 17.5 Å². The maximum Gasteiger partial charge on any atom is 0.245 e. The number of halogens is 4. The van der Waals surface area contributed by atoms with E-state index in [-0.39, 0.29) is 34.3 Å². The van der Waals surface area contributed by atoms with Crippen molar-refractivity contribution < 1.29 is 22.2 Å². The van der Waals surface area contributed by atoms with Crippen molar-refractivity contribution in [3.05, 3.63) is 60.0 Å². The van der Waals surface area contributed by atoms with Crippen molar-refractivity contribution in [1.29, 1.82) is 0 Å². The Hall–Kier alpha value is -3.50. The first-order chi connectivity index (χ1) is 13.7. The van der Waals surface area contributed by atoms with Crippen molar-refractivity contribution in [2.24, 2.45) is 0 Å². The zero-order chi connectivity index (χ0) is 22.1. The van der Waals surface area contributed by atoms with Gasteiger partial charge in [-0.3, -0.25) is 0 Å². The highest BCUT2D eigenvalue weighted by Gasteiger charge is 2.16. The highest BCUT2D eigenvalue weighted by molar-refractivity contribution is 5.75. The number of anilines is 2. The molecule has 156 valence electrons. The van der Waals surface area contributed by atoms with Crippen molar-refractivity contribution in [2.45, 2.75) is 27.7 Å². The SMILES string of the molecule is C=C(F)/C=C(/F)C(=C)Nc1nc2nonc2nc1N/C(C)=C(F)/C=C(\C)F.CC. The van der Waals surface area contributed by atoms with E-state index in [1.807, 2.05) is 13.8 Å². The van der Waals surface area contributed by atoms with E-state index >= 15 is 0 Å². The molecule has 2 rings (SSSR count). The van der Waals surface area contributed by atoms with Gasteiger partial charge >= 0.3 is 0 Å². The van der Waals surface area contributed by atoms with Crippen LogP contribution in [-0.2, 0) is 0 Å². The molecule has 0 amide bonds. The quantitative estimate of drug-likeness (QED) is 0.440. The smallest absolute Gasteiger partial charge is 0.245 e. The molecule has 0 aromatic carbocycles. The largest absolute Gasteiger partial charge is 0.338 e. The fourth-order valence-corrected chi connectivity index (χ4v) is 1.76. The van der Waals surface area contributed by atoms with Crippen LogP contribution < -0.4 is 10.6 Å². The van der Waals surface area contributed by atoms with Crippen molar-refractivity contribution >= 4 is 22.9 Å². The van der Waals surface area contributed by atoms with E-state index in [2.05, 4.69) is 48.7 Å². The summed E-state index contributed by atoms with van der Waals surface area (Å²) in [4.78, 5) is 8.02. The summed E-state index contributed by atoms with van der Waals surface area (Å²) >= 11 is 0. The standard InChI is InChI=1S/C16H14F4N6O.C2H6/c1-7(17)5-11(19)9(3)21-13-14(22-10(4)12(20)6-8(2)18)24-16-15(23-13)25-27-26-16;1-2/h5-6H,1,3H2,2,4H3,(H,21,23,25)(H,22,24,26);1-2H3/b8-6+,11-5+,12-10-;. The van der Waals surface area contributed by atoms with Crippen LogP contribution in [0.3, 0.4) is 0 Å². The van der Waals surface area contributed by atoms with Gasteiger partial charge in [-0.15, -0.1) is 0 Å². The predicted molar refractivity (Wildman–Crippen MR) is 103 cm³/mol. The topological polar surface area (TPSA) is 88.8 Å².